The van der Waals surface area contributed by atoms with Gasteiger partial charge in [0.2, 0.25) is 0 Å². The highest BCUT2D eigenvalue weighted by molar-refractivity contribution is 4.66. The van der Waals surface area contributed by atoms with Crippen LogP contribution in [0.15, 0.2) is 0 Å². The molecule has 2 atom stereocenters. The van der Waals surface area contributed by atoms with Crippen LogP contribution < -0.4 is 0 Å². The van der Waals surface area contributed by atoms with Crippen molar-refractivity contribution < 1.29 is 14.6 Å². The van der Waals surface area contributed by atoms with Gasteiger partial charge in [0, 0.05) is 13.0 Å². The van der Waals surface area contributed by atoms with Crippen LogP contribution in [-0.2, 0) is 9.47 Å². The Hall–Kier alpha value is -0.120. The van der Waals surface area contributed by atoms with Gasteiger partial charge in [0.1, 0.15) is 0 Å². The van der Waals surface area contributed by atoms with Gasteiger partial charge in [0.25, 0.3) is 0 Å². The lowest BCUT2D eigenvalue weighted by molar-refractivity contribution is -0.137. The van der Waals surface area contributed by atoms with Crippen LogP contribution >= 0.6 is 0 Å². The minimum Gasteiger partial charge on any atom is -0.394 e. The maximum atomic E-state index is 8.67. The third-order valence-electron chi connectivity index (χ3n) is 1.62. The fraction of sp³-hybridized carbons (Fsp3) is 1.00. The predicted molar refractivity (Wildman–Crippen MR) is 36.6 cm³/mol. The molecule has 0 radical (unpaired) electrons. The van der Waals surface area contributed by atoms with Crippen LogP contribution in [-0.4, -0.2) is 30.7 Å². The second-order valence-corrected chi connectivity index (χ2v) is 2.40. The molecule has 1 rings (SSSR count). The highest BCUT2D eigenvalue weighted by Crippen LogP contribution is 2.19. The fourth-order valence-corrected chi connectivity index (χ4v) is 1.12. The lowest BCUT2D eigenvalue weighted by Crippen LogP contribution is -2.16. The zero-order valence-corrected chi connectivity index (χ0v) is 6.25. The van der Waals surface area contributed by atoms with Crippen LogP contribution in [0.2, 0.25) is 0 Å². The number of aliphatic hydroxyl groups is 1. The molecule has 1 heterocycles. The number of hydrogen-bond acceptors (Lipinski definition) is 3. The molecule has 0 aromatic heterocycles. The summed E-state index contributed by atoms with van der Waals surface area (Å²) in [5, 5.41) is 8.67. The van der Waals surface area contributed by atoms with Crippen molar-refractivity contribution in [2.75, 3.05) is 13.2 Å². The van der Waals surface area contributed by atoms with Crippen LogP contribution in [0, 0.1) is 0 Å². The number of rotatable bonds is 3. The number of aliphatic hydroxyl groups excluding tert-OH is 1. The van der Waals surface area contributed by atoms with Gasteiger partial charge in [-0.1, -0.05) is 0 Å². The van der Waals surface area contributed by atoms with Gasteiger partial charge in [0.15, 0.2) is 6.29 Å². The van der Waals surface area contributed by atoms with Crippen molar-refractivity contribution in [3.63, 3.8) is 0 Å². The molecule has 0 aromatic rings. The first-order valence-corrected chi connectivity index (χ1v) is 3.74. The second kappa shape index (κ2) is 3.91. The van der Waals surface area contributed by atoms with Gasteiger partial charge in [-0.3, -0.25) is 0 Å². The maximum absolute atomic E-state index is 8.67. The van der Waals surface area contributed by atoms with Crippen LogP contribution in [0.1, 0.15) is 19.8 Å². The first-order chi connectivity index (χ1) is 4.86. The highest BCUT2D eigenvalue weighted by Gasteiger charge is 2.24. The van der Waals surface area contributed by atoms with Crippen molar-refractivity contribution in [1.82, 2.24) is 0 Å². The summed E-state index contributed by atoms with van der Waals surface area (Å²) in [5.41, 5.74) is 0. The summed E-state index contributed by atoms with van der Waals surface area (Å²) < 4.78 is 10.5. The van der Waals surface area contributed by atoms with Gasteiger partial charge >= 0.3 is 0 Å². The molecule has 1 saturated heterocycles. The van der Waals surface area contributed by atoms with Crippen LogP contribution in [0.25, 0.3) is 0 Å². The van der Waals surface area contributed by atoms with E-state index in [4.69, 9.17) is 14.6 Å². The summed E-state index contributed by atoms with van der Waals surface area (Å²) in [4.78, 5) is 0. The molecule has 0 unspecified atom stereocenters. The SMILES string of the molecule is CCO[C@@H]1CC[C@@H](CO)O1. The summed E-state index contributed by atoms with van der Waals surface area (Å²) >= 11 is 0. The first-order valence-electron chi connectivity index (χ1n) is 3.74. The first kappa shape index (κ1) is 7.98. The van der Waals surface area contributed by atoms with Crippen molar-refractivity contribution in [3.05, 3.63) is 0 Å². The van der Waals surface area contributed by atoms with Crippen molar-refractivity contribution in [1.29, 1.82) is 0 Å². The molecule has 0 amide bonds. The minimum atomic E-state index is -0.0675. The summed E-state index contributed by atoms with van der Waals surface area (Å²) in [6, 6.07) is 0. The Morgan fingerprint density at radius 2 is 2.40 bits per heavy atom. The summed E-state index contributed by atoms with van der Waals surface area (Å²) in [6.45, 7) is 2.74. The molecule has 10 heavy (non-hydrogen) atoms. The van der Waals surface area contributed by atoms with Crippen molar-refractivity contribution in [3.8, 4) is 0 Å². The van der Waals surface area contributed by atoms with E-state index < -0.39 is 0 Å². The normalized spacial score (nSPS) is 33.0. The molecule has 60 valence electrons. The summed E-state index contributed by atoms with van der Waals surface area (Å²) in [5.74, 6) is 0. The van der Waals surface area contributed by atoms with Crippen LogP contribution in [0.4, 0.5) is 0 Å². The van der Waals surface area contributed by atoms with E-state index in [1.54, 1.807) is 0 Å². The Labute approximate surface area is 60.9 Å². The standard InChI is InChI=1S/C7H14O3/c1-2-9-7-4-3-6(5-8)10-7/h6-8H,2-5H2,1H3/t6-,7-/m0/s1. The molecule has 3 nitrogen and oxygen atoms in total. The van der Waals surface area contributed by atoms with Gasteiger partial charge in [-0.2, -0.15) is 0 Å². The van der Waals surface area contributed by atoms with Gasteiger partial charge in [0.05, 0.1) is 12.7 Å². The Morgan fingerprint density at radius 3 is 2.90 bits per heavy atom. The molecule has 0 bridgehead atoms. The molecule has 1 N–H and O–H groups in total. The van der Waals surface area contributed by atoms with Gasteiger partial charge in [-0.05, 0) is 13.3 Å². The monoisotopic (exact) mass is 146 g/mol. The van der Waals surface area contributed by atoms with Gasteiger partial charge in [-0.15, -0.1) is 0 Å². The third-order valence-corrected chi connectivity index (χ3v) is 1.62. The van der Waals surface area contributed by atoms with E-state index in [1.165, 1.54) is 0 Å². The average Bonchev–Trinajstić information content (AvgIpc) is 2.37. The third kappa shape index (κ3) is 1.94. The largest absolute Gasteiger partial charge is 0.394 e. The number of ether oxygens (including phenoxy) is 2. The zero-order chi connectivity index (χ0) is 7.40. The van der Waals surface area contributed by atoms with E-state index in [0.29, 0.717) is 6.61 Å². The fourth-order valence-electron chi connectivity index (χ4n) is 1.12. The topological polar surface area (TPSA) is 38.7 Å². The summed E-state index contributed by atoms with van der Waals surface area (Å²) in [6.07, 6.45) is 1.78. The molecule has 1 aliphatic rings. The van der Waals surface area contributed by atoms with E-state index in [-0.39, 0.29) is 19.0 Å². The van der Waals surface area contributed by atoms with Crippen molar-refractivity contribution in [2.45, 2.75) is 32.2 Å². The molecule has 0 aliphatic carbocycles. The molecule has 0 saturated carbocycles. The minimum absolute atomic E-state index is 0.0107. The van der Waals surface area contributed by atoms with Gasteiger partial charge < -0.3 is 14.6 Å². The Kier molecular flexibility index (Phi) is 3.12. The van der Waals surface area contributed by atoms with Crippen molar-refractivity contribution >= 4 is 0 Å². The Bertz CT molecular complexity index is 94.9. The predicted octanol–water partition coefficient (Wildman–Crippen LogP) is 0.520. The summed E-state index contributed by atoms with van der Waals surface area (Å²) in [7, 11) is 0. The molecule has 0 spiro atoms. The molecule has 1 aliphatic heterocycles. The lowest BCUT2D eigenvalue weighted by Gasteiger charge is -2.10. The second-order valence-electron chi connectivity index (χ2n) is 2.40. The van der Waals surface area contributed by atoms with Crippen LogP contribution in [0.3, 0.4) is 0 Å². The highest BCUT2D eigenvalue weighted by atomic mass is 16.7. The Balaban J connectivity index is 2.15. The maximum Gasteiger partial charge on any atom is 0.158 e. The van der Waals surface area contributed by atoms with Crippen molar-refractivity contribution in [2.24, 2.45) is 0 Å². The average molecular weight is 146 g/mol. The molecular formula is C7H14O3. The quantitative estimate of drug-likeness (QED) is 0.631. The van der Waals surface area contributed by atoms with E-state index >= 15 is 0 Å². The van der Waals surface area contributed by atoms with E-state index in [2.05, 4.69) is 0 Å². The number of hydrogen-bond donors (Lipinski definition) is 1. The molecular weight excluding hydrogens is 132 g/mol. The zero-order valence-electron chi connectivity index (χ0n) is 6.25. The lowest BCUT2D eigenvalue weighted by atomic mass is 10.2. The van der Waals surface area contributed by atoms with E-state index in [0.717, 1.165) is 12.8 Å². The molecule has 0 aromatic carbocycles. The van der Waals surface area contributed by atoms with Crippen LogP contribution in [0.5, 0.6) is 0 Å². The molecule has 1 fully saturated rings. The Morgan fingerprint density at radius 1 is 1.60 bits per heavy atom. The van der Waals surface area contributed by atoms with Gasteiger partial charge in [-0.25, -0.2) is 0 Å². The smallest absolute Gasteiger partial charge is 0.158 e. The molecule has 3 heteroatoms. The van der Waals surface area contributed by atoms with E-state index in [9.17, 15) is 0 Å². The van der Waals surface area contributed by atoms with E-state index in [1.807, 2.05) is 6.92 Å².